The molecule has 7 heteroatoms. The molecule has 0 spiro atoms. The Morgan fingerprint density at radius 2 is 2.33 bits per heavy atom. The van der Waals surface area contributed by atoms with Gasteiger partial charge in [-0.25, -0.2) is 4.79 Å². The lowest BCUT2D eigenvalue weighted by molar-refractivity contribution is 0.0697. The Morgan fingerprint density at radius 1 is 1.48 bits per heavy atom. The van der Waals surface area contributed by atoms with Crippen LogP contribution in [0.1, 0.15) is 34.0 Å². The van der Waals surface area contributed by atoms with Gasteiger partial charge in [-0.05, 0) is 25.1 Å². The number of carbonyl (C=O) groups is 1. The molecule has 0 saturated carbocycles. The van der Waals surface area contributed by atoms with E-state index in [1.807, 2.05) is 35.7 Å². The topological polar surface area (TPSA) is 79.5 Å². The lowest BCUT2D eigenvalue weighted by Crippen LogP contribution is -2.19. The number of nitrogens with zero attached hydrogens (tertiary/aromatic N) is 3. The molecule has 108 valence electrons. The first-order valence-corrected chi connectivity index (χ1v) is 7.37. The van der Waals surface area contributed by atoms with Crippen LogP contribution in [0.4, 0.5) is 0 Å². The van der Waals surface area contributed by atoms with Crippen molar-refractivity contribution in [3.63, 3.8) is 0 Å². The summed E-state index contributed by atoms with van der Waals surface area (Å²) < 4.78 is 1.94. The molecule has 1 atom stereocenters. The van der Waals surface area contributed by atoms with E-state index in [-0.39, 0.29) is 6.04 Å². The zero-order chi connectivity index (χ0) is 14.8. The van der Waals surface area contributed by atoms with Gasteiger partial charge in [0.1, 0.15) is 0 Å². The van der Waals surface area contributed by atoms with Crippen LogP contribution in [-0.2, 0) is 6.54 Å². The summed E-state index contributed by atoms with van der Waals surface area (Å²) >= 11 is 1.43. The molecule has 0 aliphatic carbocycles. The summed E-state index contributed by atoms with van der Waals surface area (Å²) in [6.07, 6.45) is 1.93. The molecule has 0 radical (unpaired) electrons. The summed E-state index contributed by atoms with van der Waals surface area (Å²) in [5.41, 5.74) is 1.14. The third kappa shape index (κ3) is 2.79. The number of carboxylic acids is 1. The van der Waals surface area contributed by atoms with Gasteiger partial charge in [0.15, 0.2) is 11.5 Å². The summed E-state index contributed by atoms with van der Waals surface area (Å²) in [7, 11) is 0. The SMILES string of the molecule is CC(NCc1cc(C(=O)O)cs1)c1nnc2ccccn12. The summed E-state index contributed by atoms with van der Waals surface area (Å²) in [5.74, 6) is -0.0605. The van der Waals surface area contributed by atoms with Crippen molar-refractivity contribution >= 4 is 23.0 Å². The summed E-state index contributed by atoms with van der Waals surface area (Å²) in [5, 5.41) is 22.2. The predicted molar refractivity (Wildman–Crippen MR) is 79.5 cm³/mol. The third-order valence-electron chi connectivity index (χ3n) is 3.21. The van der Waals surface area contributed by atoms with Crippen LogP contribution in [0, 0.1) is 0 Å². The Labute approximate surface area is 125 Å². The fourth-order valence-corrected chi connectivity index (χ4v) is 2.89. The van der Waals surface area contributed by atoms with Crippen molar-refractivity contribution in [2.75, 3.05) is 0 Å². The van der Waals surface area contributed by atoms with E-state index in [4.69, 9.17) is 5.11 Å². The number of nitrogens with one attached hydrogen (secondary N) is 1. The van der Waals surface area contributed by atoms with E-state index in [0.29, 0.717) is 12.1 Å². The quantitative estimate of drug-likeness (QED) is 0.756. The van der Waals surface area contributed by atoms with Gasteiger partial charge in [0.25, 0.3) is 0 Å². The Kier molecular flexibility index (Phi) is 3.68. The number of fused-ring (bicyclic) bond motifs is 1. The van der Waals surface area contributed by atoms with Crippen molar-refractivity contribution in [3.8, 4) is 0 Å². The van der Waals surface area contributed by atoms with Crippen LogP contribution < -0.4 is 5.32 Å². The lowest BCUT2D eigenvalue weighted by Gasteiger charge is -2.11. The van der Waals surface area contributed by atoms with Gasteiger partial charge < -0.3 is 10.4 Å². The van der Waals surface area contributed by atoms with Crippen LogP contribution >= 0.6 is 11.3 Å². The van der Waals surface area contributed by atoms with Crippen LogP contribution in [0.15, 0.2) is 35.8 Å². The van der Waals surface area contributed by atoms with Crippen molar-refractivity contribution in [3.05, 3.63) is 52.1 Å². The molecule has 0 aliphatic heterocycles. The molecule has 6 nitrogen and oxygen atoms in total. The van der Waals surface area contributed by atoms with Crippen molar-refractivity contribution in [2.45, 2.75) is 19.5 Å². The zero-order valence-electron chi connectivity index (χ0n) is 11.4. The number of rotatable bonds is 5. The molecular formula is C14H14N4O2S. The minimum absolute atomic E-state index is 0.0118. The Bertz CT molecular complexity index is 780. The van der Waals surface area contributed by atoms with Gasteiger partial charge in [0, 0.05) is 23.0 Å². The van der Waals surface area contributed by atoms with Gasteiger partial charge in [-0.1, -0.05) is 6.07 Å². The van der Waals surface area contributed by atoms with Gasteiger partial charge in [0.2, 0.25) is 0 Å². The van der Waals surface area contributed by atoms with E-state index in [9.17, 15) is 4.79 Å². The highest BCUT2D eigenvalue weighted by atomic mass is 32.1. The molecule has 3 aromatic rings. The Morgan fingerprint density at radius 3 is 3.10 bits per heavy atom. The number of carboxylic acid groups (broad SMARTS) is 1. The predicted octanol–water partition coefficient (Wildman–Crippen LogP) is 2.34. The standard InChI is InChI=1S/C14H14N4O2S/c1-9(13-17-16-12-4-2-3-5-18(12)13)15-7-11-6-10(8-21-11)14(19)20/h2-6,8-9,15H,7H2,1H3,(H,19,20). The average Bonchev–Trinajstić information content (AvgIpc) is 3.11. The van der Waals surface area contributed by atoms with Crippen molar-refractivity contribution < 1.29 is 9.90 Å². The molecule has 0 aromatic carbocycles. The molecule has 0 fully saturated rings. The number of aromatic carboxylic acids is 1. The lowest BCUT2D eigenvalue weighted by atomic mass is 10.3. The van der Waals surface area contributed by atoms with Crippen LogP contribution in [0.3, 0.4) is 0 Å². The summed E-state index contributed by atoms with van der Waals surface area (Å²) in [6.45, 7) is 2.61. The highest BCUT2D eigenvalue weighted by molar-refractivity contribution is 7.10. The molecule has 0 aliphatic rings. The normalized spacial score (nSPS) is 12.6. The first-order chi connectivity index (χ1) is 10.1. The van der Waals surface area contributed by atoms with Crippen LogP contribution in [0.2, 0.25) is 0 Å². The summed E-state index contributed by atoms with van der Waals surface area (Å²) in [4.78, 5) is 11.8. The second-order valence-corrected chi connectivity index (χ2v) is 5.69. The fraction of sp³-hybridized carbons (Fsp3) is 0.214. The van der Waals surface area contributed by atoms with E-state index in [1.54, 1.807) is 11.4 Å². The second kappa shape index (κ2) is 5.63. The van der Waals surface area contributed by atoms with Crippen LogP contribution in [-0.4, -0.2) is 25.7 Å². The van der Waals surface area contributed by atoms with Gasteiger partial charge >= 0.3 is 5.97 Å². The first-order valence-electron chi connectivity index (χ1n) is 6.49. The van der Waals surface area contributed by atoms with Crippen LogP contribution in [0.5, 0.6) is 0 Å². The molecule has 3 heterocycles. The second-order valence-electron chi connectivity index (χ2n) is 4.70. The molecule has 0 bridgehead atoms. The van der Waals surface area contributed by atoms with E-state index in [1.165, 1.54) is 11.3 Å². The monoisotopic (exact) mass is 302 g/mol. The van der Waals surface area contributed by atoms with Crippen molar-refractivity contribution in [1.29, 1.82) is 0 Å². The Hall–Kier alpha value is -2.25. The van der Waals surface area contributed by atoms with Gasteiger partial charge in [-0.3, -0.25) is 4.40 Å². The van der Waals surface area contributed by atoms with E-state index in [0.717, 1.165) is 16.3 Å². The van der Waals surface area contributed by atoms with E-state index < -0.39 is 5.97 Å². The zero-order valence-corrected chi connectivity index (χ0v) is 12.2. The molecule has 3 rings (SSSR count). The van der Waals surface area contributed by atoms with Crippen molar-refractivity contribution in [2.24, 2.45) is 0 Å². The molecule has 0 saturated heterocycles. The van der Waals surface area contributed by atoms with Gasteiger partial charge in [0.05, 0.1) is 11.6 Å². The minimum atomic E-state index is -0.894. The number of hydrogen-bond donors (Lipinski definition) is 2. The smallest absolute Gasteiger partial charge is 0.336 e. The maximum absolute atomic E-state index is 10.9. The van der Waals surface area contributed by atoms with Crippen molar-refractivity contribution in [1.82, 2.24) is 19.9 Å². The molecule has 0 amide bonds. The molecule has 3 aromatic heterocycles. The number of hydrogen-bond acceptors (Lipinski definition) is 5. The van der Waals surface area contributed by atoms with E-state index >= 15 is 0 Å². The first kappa shape index (κ1) is 13.7. The number of thiophene rings is 1. The third-order valence-corrected chi connectivity index (χ3v) is 4.15. The van der Waals surface area contributed by atoms with E-state index in [2.05, 4.69) is 15.5 Å². The van der Waals surface area contributed by atoms with Gasteiger partial charge in [-0.2, -0.15) is 0 Å². The largest absolute Gasteiger partial charge is 0.478 e. The molecule has 2 N–H and O–H groups in total. The average molecular weight is 302 g/mol. The maximum Gasteiger partial charge on any atom is 0.336 e. The number of aromatic nitrogens is 3. The van der Waals surface area contributed by atoms with Crippen LogP contribution in [0.25, 0.3) is 5.65 Å². The summed E-state index contributed by atoms with van der Waals surface area (Å²) in [6, 6.07) is 7.46. The fourth-order valence-electron chi connectivity index (χ4n) is 2.09. The highest BCUT2D eigenvalue weighted by Crippen LogP contribution is 2.17. The highest BCUT2D eigenvalue weighted by Gasteiger charge is 2.13. The molecular weight excluding hydrogens is 288 g/mol. The molecule has 21 heavy (non-hydrogen) atoms. The minimum Gasteiger partial charge on any atom is -0.478 e. The number of pyridine rings is 1. The maximum atomic E-state index is 10.9. The van der Waals surface area contributed by atoms with Gasteiger partial charge in [-0.15, -0.1) is 21.5 Å². The molecule has 1 unspecified atom stereocenters. The Balaban J connectivity index is 1.71.